The molecule has 0 spiro atoms. The van der Waals surface area contributed by atoms with Crippen LogP contribution in [0.1, 0.15) is 22.8 Å². The first kappa shape index (κ1) is 18.1. The highest BCUT2D eigenvalue weighted by Crippen LogP contribution is 2.30. The lowest BCUT2D eigenvalue weighted by Gasteiger charge is -2.22. The molecule has 0 aliphatic carbocycles. The summed E-state index contributed by atoms with van der Waals surface area (Å²) in [6.45, 7) is 3.23. The Labute approximate surface area is 158 Å². The molecule has 2 aromatic rings. The minimum absolute atomic E-state index is 0.0340. The first-order valence-electron chi connectivity index (χ1n) is 8.03. The number of rotatable bonds is 4. The molecule has 0 N–H and O–H groups in total. The molecule has 0 saturated carbocycles. The average molecular weight is 418 g/mol. The molecule has 1 aliphatic heterocycles. The van der Waals surface area contributed by atoms with E-state index in [-0.39, 0.29) is 11.6 Å². The van der Waals surface area contributed by atoms with E-state index in [4.69, 9.17) is 4.74 Å². The number of hydrogen-bond acceptors (Lipinski definition) is 5. The monoisotopic (exact) mass is 417 g/mol. The number of non-ortho nitro benzene ring substituents is 1. The van der Waals surface area contributed by atoms with Crippen molar-refractivity contribution < 1.29 is 14.5 Å². The number of nitro groups is 1. The van der Waals surface area contributed by atoms with Crippen molar-refractivity contribution in [3.05, 3.63) is 62.1 Å². The molecule has 0 unspecified atom stereocenters. The highest BCUT2D eigenvalue weighted by atomic mass is 79.9. The number of ether oxygens (including phenoxy) is 1. The number of benzene rings is 2. The first-order chi connectivity index (χ1) is 12.5. The quantitative estimate of drug-likeness (QED) is 0.558. The first-order valence-corrected chi connectivity index (χ1v) is 8.83. The van der Waals surface area contributed by atoms with Crippen LogP contribution in [0.2, 0.25) is 0 Å². The van der Waals surface area contributed by atoms with E-state index in [2.05, 4.69) is 20.9 Å². The predicted octanol–water partition coefficient (Wildman–Crippen LogP) is 3.84. The SMILES string of the molecule is CCOc1ccc(C(=O)N2CCN=Cc3cc([N+](=O)[O-])ccc32)cc1Br. The standard InChI is InChI=1S/C18H16BrN3O4/c1-2-26-17-6-3-12(10-15(17)19)18(23)21-8-7-20-11-13-9-14(22(24)25)4-5-16(13)21/h3-6,9-11H,2,7-8H2,1H3. The fourth-order valence-corrected chi connectivity index (χ4v) is 3.21. The van der Waals surface area contributed by atoms with Gasteiger partial charge in [-0.2, -0.15) is 0 Å². The van der Waals surface area contributed by atoms with Gasteiger partial charge in [-0.3, -0.25) is 19.9 Å². The molecule has 3 rings (SSSR count). The normalized spacial score (nSPS) is 13.1. The summed E-state index contributed by atoms with van der Waals surface area (Å²) in [7, 11) is 0. The van der Waals surface area contributed by atoms with Crippen LogP contribution in [0.25, 0.3) is 0 Å². The number of nitro benzene ring substituents is 1. The van der Waals surface area contributed by atoms with Crippen LogP contribution in [-0.4, -0.2) is 36.7 Å². The minimum Gasteiger partial charge on any atom is -0.493 e. The molecule has 26 heavy (non-hydrogen) atoms. The van der Waals surface area contributed by atoms with E-state index >= 15 is 0 Å². The van der Waals surface area contributed by atoms with Gasteiger partial charge in [-0.1, -0.05) is 0 Å². The van der Waals surface area contributed by atoms with Gasteiger partial charge >= 0.3 is 0 Å². The maximum Gasteiger partial charge on any atom is 0.270 e. The number of carbonyl (C=O) groups excluding carboxylic acids is 1. The van der Waals surface area contributed by atoms with Crippen molar-refractivity contribution in [1.82, 2.24) is 0 Å². The van der Waals surface area contributed by atoms with E-state index in [1.807, 2.05) is 6.92 Å². The van der Waals surface area contributed by atoms with Crippen LogP contribution in [0, 0.1) is 10.1 Å². The van der Waals surface area contributed by atoms with Crippen molar-refractivity contribution in [1.29, 1.82) is 0 Å². The van der Waals surface area contributed by atoms with E-state index < -0.39 is 4.92 Å². The molecule has 1 heterocycles. The van der Waals surface area contributed by atoms with Crippen LogP contribution in [0.3, 0.4) is 0 Å². The average Bonchev–Trinajstić information content (AvgIpc) is 2.84. The number of benzodiazepines with no additional fused rings is 1. The van der Waals surface area contributed by atoms with Crippen LogP contribution in [0.15, 0.2) is 45.9 Å². The van der Waals surface area contributed by atoms with Crippen LogP contribution in [0.5, 0.6) is 5.75 Å². The number of halogens is 1. The van der Waals surface area contributed by atoms with Crippen LogP contribution in [-0.2, 0) is 0 Å². The fourth-order valence-electron chi connectivity index (χ4n) is 2.72. The topological polar surface area (TPSA) is 85.0 Å². The zero-order chi connectivity index (χ0) is 18.7. The molecular formula is C18H16BrN3O4. The molecule has 134 valence electrons. The number of amides is 1. The van der Waals surface area contributed by atoms with Gasteiger partial charge in [0.15, 0.2) is 0 Å². The highest BCUT2D eigenvalue weighted by molar-refractivity contribution is 9.10. The Morgan fingerprint density at radius 2 is 2.15 bits per heavy atom. The Bertz CT molecular complexity index is 898. The molecule has 7 nitrogen and oxygen atoms in total. The summed E-state index contributed by atoms with van der Waals surface area (Å²) in [5.74, 6) is 0.466. The molecule has 0 radical (unpaired) electrons. The number of hydrogen-bond donors (Lipinski definition) is 0. The third-order valence-corrected chi connectivity index (χ3v) is 4.54. The summed E-state index contributed by atoms with van der Waals surface area (Å²) in [5, 5.41) is 11.0. The Kier molecular flexibility index (Phi) is 5.32. The molecule has 1 amide bonds. The molecule has 0 bridgehead atoms. The molecule has 0 saturated heterocycles. The molecule has 2 aromatic carbocycles. The van der Waals surface area contributed by atoms with Gasteiger partial charge in [0, 0.05) is 36.0 Å². The van der Waals surface area contributed by atoms with Gasteiger partial charge < -0.3 is 9.64 Å². The van der Waals surface area contributed by atoms with Gasteiger partial charge in [-0.05, 0) is 47.1 Å². The Hall–Kier alpha value is -2.74. The number of nitrogens with zero attached hydrogens (tertiary/aromatic N) is 3. The van der Waals surface area contributed by atoms with Crippen molar-refractivity contribution in [2.45, 2.75) is 6.92 Å². The second-order valence-corrected chi connectivity index (χ2v) is 6.42. The summed E-state index contributed by atoms with van der Waals surface area (Å²) in [6, 6.07) is 9.57. The molecule has 0 fully saturated rings. The summed E-state index contributed by atoms with van der Waals surface area (Å²) in [4.78, 5) is 29.4. The lowest BCUT2D eigenvalue weighted by Crippen LogP contribution is -2.33. The molecular weight excluding hydrogens is 402 g/mol. The van der Waals surface area contributed by atoms with Crippen molar-refractivity contribution in [3.8, 4) is 5.75 Å². The van der Waals surface area contributed by atoms with Crippen LogP contribution >= 0.6 is 15.9 Å². The van der Waals surface area contributed by atoms with Crippen molar-refractivity contribution in [2.75, 3.05) is 24.6 Å². The molecule has 1 aliphatic rings. The number of carbonyl (C=O) groups is 1. The van der Waals surface area contributed by atoms with Crippen LogP contribution in [0.4, 0.5) is 11.4 Å². The van der Waals surface area contributed by atoms with Crippen molar-refractivity contribution >= 4 is 39.4 Å². The summed E-state index contributed by atoms with van der Waals surface area (Å²) in [6.07, 6.45) is 1.57. The molecule has 0 atom stereocenters. The lowest BCUT2D eigenvalue weighted by molar-refractivity contribution is -0.384. The van der Waals surface area contributed by atoms with E-state index in [1.165, 1.54) is 12.1 Å². The zero-order valence-corrected chi connectivity index (χ0v) is 15.6. The summed E-state index contributed by atoms with van der Waals surface area (Å²) in [5.41, 5.74) is 1.61. The van der Waals surface area contributed by atoms with E-state index in [0.717, 1.165) is 0 Å². The van der Waals surface area contributed by atoms with Crippen LogP contribution < -0.4 is 9.64 Å². The Morgan fingerprint density at radius 3 is 2.85 bits per heavy atom. The number of aliphatic imine (C=N–C) groups is 1. The van der Waals surface area contributed by atoms with Gasteiger partial charge in [0.1, 0.15) is 5.75 Å². The smallest absolute Gasteiger partial charge is 0.270 e. The van der Waals surface area contributed by atoms with Gasteiger partial charge in [0.05, 0.1) is 28.2 Å². The fraction of sp³-hybridized carbons (Fsp3) is 0.222. The van der Waals surface area contributed by atoms with Gasteiger partial charge in [0.2, 0.25) is 0 Å². The van der Waals surface area contributed by atoms with Crippen molar-refractivity contribution in [2.24, 2.45) is 4.99 Å². The van der Waals surface area contributed by atoms with Gasteiger partial charge in [0.25, 0.3) is 11.6 Å². The predicted molar refractivity (Wildman–Crippen MR) is 103 cm³/mol. The van der Waals surface area contributed by atoms with E-state index in [0.29, 0.717) is 46.7 Å². The molecule has 8 heteroatoms. The lowest BCUT2D eigenvalue weighted by atomic mass is 10.1. The summed E-state index contributed by atoms with van der Waals surface area (Å²) >= 11 is 3.42. The largest absolute Gasteiger partial charge is 0.493 e. The maximum atomic E-state index is 13.0. The Morgan fingerprint density at radius 1 is 1.35 bits per heavy atom. The molecule has 0 aromatic heterocycles. The number of anilines is 1. The zero-order valence-electron chi connectivity index (χ0n) is 14.0. The second kappa shape index (κ2) is 7.65. The maximum absolute atomic E-state index is 13.0. The van der Waals surface area contributed by atoms with E-state index in [1.54, 1.807) is 35.4 Å². The van der Waals surface area contributed by atoms with Crippen molar-refractivity contribution in [3.63, 3.8) is 0 Å². The van der Waals surface area contributed by atoms with Gasteiger partial charge in [-0.15, -0.1) is 0 Å². The minimum atomic E-state index is -0.464. The summed E-state index contributed by atoms with van der Waals surface area (Å²) < 4.78 is 6.17. The Balaban J connectivity index is 1.96. The number of fused-ring (bicyclic) bond motifs is 1. The second-order valence-electron chi connectivity index (χ2n) is 5.57. The third-order valence-electron chi connectivity index (χ3n) is 3.92. The third kappa shape index (κ3) is 3.60. The highest BCUT2D eigenvalue weighted by Gasteiger charge is 2.23. The van der Waals surface area contributed by atoms with Gasteiger partial charge in [-0.25, -0.2) is 0 Å². The van der Waals surface area contributed by atoms with E-state index in [9.17, 15) is 14.9 Å².